The van der Waals surface area contributed by atoms with Crippen LogP contribution in [-0.4, -0.2) is 74.7 Å². The Morgan fingerprint density at radius 1 is 1.17 bits per heavy atom. The molecule has 3 atom stereocenters. The second kappa shape index (κ2) is 7.26. The van der Waals surface area contributed by atoms with Gasteiger partial charge in [-0.1, -0.05) is 12.1 Å². The smallest absolute Gasteiger partial charge is 0.254 e. The lowest BCUT2D eigenvalue weighted by Crippen LogP contribution is -2.49. The van der Waals surface area contributed by atoms with Gasteiger partial charge in [0, 0.05) is 37.2 Å². The van der Waals surface area contributed by atoms with E-state index in [9.17, 15) is 9.59 Å². The van der Waals surface area contributed by atoms with Crippen LogP contribution in [0.25, 0.3) is 11.4 Å². The number of H-pyrrole nitrogens is 1. The van der Waals surface area contributed by atoms with E-state index in [1.807, 2.05) is 24.0 Å². The van der Waals surface area contributed by atoms with E-state index in [2.05, 4.69) is 15.2 Å². The second-order valence-electron chi connectivity index (χ2n) is 8.08. The Kier molecular flexibility index (Phi) is 4.58. The van der Waals surface area contributed by atoms with E-state index in [0.29, 0.717) is 24.4 Å². The van der Waals surface area contributed by atoms with Gasteiger partial charge in [0.15, 0.2) is 5.82 Å². The number of likely N-dealkylation sites (tertiary alicyclic amines) is 2. The zero-order valence-electron chi connectivity index (χ0n) is 16.5. The fourth-order valence-corrected chi connectivity index (χ4v) is 4.79. The summed E-state index contributed by atoms with van der Waals surface area (Å²) in [5.41, 5.74) is 1.42. The summed E-state index contributed by atoms with van der Waals surface area (Å²) in [6.45, 7) is 4.07. The Balaban J connectivity index is 1.40. The third kappa shape index (κ3) is 3.21. The molecule has 2 aromatic rings. The first-order chi connectivity index (χ1) is 14.1. The van der Waals surface area contributed by atoms with Crippen LogP contribution in [0.2, 0.25) is 0 Å². The lowest BCUT2D eigenvalue weighted by atomic mass is 10.1. The summed E-state index contributed by atoms with van der Waals surface area (Å²) in [6, 6.07) is 6.85. The molecule has 0 unspecified atom stereocenters. The molecule has 0 aliphatic carbocycles. The van der Waals surface area contributed by atoms with Gasteiger partial charge in [-0.25, -0.2) is 4.98 Å². The monoisotopic (exact) mass is 395 g/mol. The standard InChI is InChI=1S/C21H25N5O3/c1-13-22-19(24-23-13)14-4-6-15(7-5-14)20(27)26-16-8-11-29-18(16)12-17(26)21(28)25-9-2-3-10-25/h4-7,16-18H,2-3,8-12H2,1H3,(H,22,23,24)/t16-,17-,18-/m0/s1. The molecule has 8 heteroatoms. The number of aromatic nitrogens is 3. The summed E-state index contributed by atoms with van der Waals surface area (Å²) >= 11 is 0. The molecule has 1 aromatic heterocycles. The number of rotatable bonds is 3. The fourth-order valence-electron chi connectivity index (χ4n) is 4.79. The molecule has 0 bridgehead atoms. The summed E-state index contributed by atoms with van der Waals surface area (Å²) in [5.74, 6) is 1.32. The van der Waals surface area contributed by atoms with Crippen LogP contribution >= 0.6 is 0 Å². The molecule has 29 heavy (non-hydrogen) atoms. The third-order valence-corrected chi connectivity index (χ3v) is 6.25. The van der Waals surface area contributed by atoms with Crippen molar-refractivity contribution < 1.29 is 14.3 Å². The molecule has 3 fully saturated rings. The van der Waals surface area contributed by atoms with Crippen LogP contribution in [0.1, 0.15) is 41.9 Å². The molecule has 1 N–H and O–H groups in total. The van der Waals surface area contributed by atoms with E-state index in [0.717, 1.165) is 43.7 Å². The van der Waals surface area contributed by atoms with E-state index >= 15 is 0 Å². The molecule has 8 nitrogen and oxygen atoms in total. The van der Waals surface area contributed by atoms with Gasteiger partial charge in [-0.3, -0.25) is 14.7 Å². The number of benzene rings is 1. The number of ether oxygens (including phenoxy) is 1. The zero-order chi connectivity index (χ0) is 20.0. The highest BCUT2D eigenvalue weighted by Crippen LogP contribution is 2.36. The van der Waals surface area contributed by atoms with Gasteiger partial charge in [0.25, 0.3) is 5.91 Å². The van der Waals surface area contributed by atoms with Crippen molar-refractivity contribution in [1.82, 2.24) is 25.0 Å². The minimum absolute atomic E-state index is 0.0191. The first-order valence-electron chi connectivity index (χ1n) is 10.3. The maximum absolute atomic E-state index is 13.4. The molecular weight excluding hydrogens is 370 g/mol. The summed E-state index contributed by atoms with van der Waals surface area (Å²) in [7, 11) is 0. The number of carbonyl (C=O) groups is 2. The molecule has 2 amide bonds. The van der Waals surface area contributed by atoms with Crippen LogP contribution in [0.5, 0.6) is 0 Å². The van der Waals surface area contributed by atoms with Crippen LogP contribution < -0.4 is 0 Å². The fraction of sp³-hybridized carbons (Fsp3) is 0.524. The van der Waals surface area contributed by atoms with Gasteiger partial charge in [0.2, 0.25) is 5.91 Å². The van der Waals surface area contributed by atoms with Crippen LogP contribution in [0.3, 0.4) is 0 Å². The number of hydrogen-bond donors (Lipinski definition) is 1. The van der Waals surface area contributed by atoms with Crippen LogP contribution in [0, 0.1) is 6.92 Å². The maximum atomic E-state index is 13.4. The van der Waals surface area contributed by atoms with E-state index in [4.69, 9.17) is 4.74 Å². The maximum Gasteiger partial charge on any atom is 0.254 e. The SMILES string of the molecule is Cc1nc(-c2ccc(C(=O)N3[C@H](C(=O)N4CCCC4)C[C@@H]4OCC[C@@H]43)cc2)n[nH]1. The summed E-state index contributed by atoms with van der Waals surface area (Å²) < 4.78 is 5.83. The number of aryl methyl sites for hydroxylation is 1. The molecule has 5 rings (SSSR count). The number of nitrogens with zero attached hydrogens (tertiary/aromatic N) is 4. The Morgan fingerprint density at radius 3 is 2.62 bits per heavy atom. The van der Waals surface area contributed by atoms with E-state index in [1.54, 1.807) is 17.0 Å². The van der Waals surface area contributed by atoms with Crippen LogP contribution in [0.4, 0.5) is 0 Å². The van der Waals surface area contributed by atoms with Crippen molar-refractivity contribution >= 4 is 11.8 Å². The highest BCUT2D eigenvalue weighted by atomic mass is 16.5. The molecule has 1 aromatic carbocycles. The molecule has 4 heterocycles. The molecule has 3 aliphatic heterocycles. The molecule has 0 radical (unpaired) electrons. The van der Waals surface area contributed by atoms with Crippen LogP contribution in [0.15, 0.2) is 24.3 Å². The van der Waals surface area contributed by atoms with Crippen molar-refractivity contribution in [2.75, 3.05) is 19.7 Å². The molecular formula is C21H25N5O3. The Hall–Kier alpha value is -2.74. The van der Waals surface area contributed by atoms with Crippen molar-refractivity contribution in [3.63, 3.8) is 0 Å². The van der Waals surface area contributed by atoms with Crippen molar-refractivity contribution in [3.8, 4) is 11.4 Å². The topological polar surface area (TPSA) is 91.4 Å². The average molecular weight is 395 g/mol. The van der Waals surface area contributed by atoms with Gasteiger partial charge in [-0.2, -0.15) is 5.10 Å². The second-order valence-corrected chi connectivity index (χ2v) is 8.08. The largest absolute Gasteiger partial charge is 0.376 e. The lowest BCUT2D eigenvalue weighted by molar-refractivity contribution is -0.134. The summed E-state index contributed by atoms with van der Waals surface area (Å²) in [5, 5.41) is 6.99. The number of carbonyl (C=O) groups excluding carboxylic acids is 2. The number of fused-ring (bicyclic) bond motifs is 1. The van der Waals surface area contributed by atoms with Gasteiger partial charge in [-0.15, -0.1) is 0 Å². The van der Waals surface area contributed by atoms with E-state index < -0.39 is 6.04 Å². The van der Waals surface area contributed by atoms with Crippen molar-refractivity contribution in [2.24, 2.45) is 0 Å². The minimum atomic E-state index is -0.425. The Morgan fingerprint density at radius 2 is 1.93 bits per heavy atom. The Labute approximate surface area is 169 Å². The molecule has 3 saturated heterocycles. The number of hydrogen-bond acceptors (Lipinski definition) is 5. The minimum Gasteiger partial charge on any atom is -0.376 e. The number of aromatic amines is 1. The van der Waals surface area contributed by atoms with Crippen LogP contribution in [-0.2, 0) is 9.53 Å². The van der Waals surface area contributed by atoms with Crippen molar-refractivity contribution in [3.05, 3.63) is 35.7 Å². The van der Waals surface area contributed by atoms with E-state index in [-0.39, 0.29) is 24.0 Å². The van der Waals surface area contributed by atoms with Gasteiger partial charge in [-0.05, 0) is 38.3 Å². The zero-order valence-corrected chi connectivity index (χ0v) is 16.5. The number of amides is 2. The average Bonchev–Trinajstić information content (AvgIpc) is 3.50. The van der Waals surface area contributed by atoms with E-state index in [1.165, 1.54) is 0 Å². The van der Waals surface area contributed by atoms with Gasteiger partial charge in [0.1, 0.15) is 11.9 Å². The third-order valence-electron chi connectivity index (χ3n) is 6.25. The summed E-state index contributed by atoms with van der Waals surface area (Å²) in [4.78, 5) is 34.6. The molecule has 3 aliphatic rings. The summed E-state index contributed by atoms with van der Waals surface area (Å²) in [6.07, 6.45) is 3.43. The predicted molar refractivity (Wildman–Crippen MR) is 105 cm³/mol. The van der Waals surface area contributed by atoms with Gasteiger partial charge >= 0.3 is 0 Å². The quantitative estimate of drug-likeness (QED) is 0.855. The van der Waals surface area contributed by atoms with Gasteiger partial charge in [0.05, 0.1) is 12.1 Å². The molecule has 0 saturated carbocycles. The first-order valence-corrected chi connectivity index (χ1v) is 10.3. The molecule has 0 spiro atoms. The first kappa shape index (κ1) is 18.3. The van der Waals surface area contributed by atoms with Gasteiger partial charge < -0.3 is 14.5 Å². The number of nitrogens with one attached hydrogen (secondary N) is 1. The normalized spacial score (nSPS) is 26.2. The highest BCUT2D eigenvalue weighted by Gasteiger charge is 2.50. The molecule has 152 valence electrons. The predicted octanol–water partition coefficient (Wildman–Crippen LogP) is 1.77. The Bertz CT molecular complexity index is 919. The van der Waals surface area contributed by atoms with Crippen molar-refractivity contribution in [1.29, 1.82) is 0 Å². The van der Waals surface area contributed by atoms with Crippen molar-refractivity contribution in [2.45, 2.75) is 50.8 Å². The lowest BCUT2D eigenvalue weighted by Gasteiger charge is -2.31. The highest BCUT2D eigenvalue weighted by molar-refractivity contribution is 5.98.